The van der Waals surface area contributed by atoms with Gasteiger partial charge >= 0.3 is 0 Å². The first-order valence-corrected chi connectivity index (χ1v) is 6.44. The number of aliphatic hydroxyl groups excluding tert-OH is 1. The number of thiophene rings is 1. The molecule has 1 fully saturated rings. The Labute approximate surface area is 95.5 Å². The minimum absolute atomic E-state index is 0.0146. The lowest BCUT2D eigenvalue weighted by molar-refractivity contribution is 0.0507. The summed E-state index contributed by atoms with van der Waals surface area (Å²) in [6.07, 6.45) is 1.90. The molecule has 2 heterocycles. The third-order valence-electron chi connectivity index (χ3n) is 3.69. The second-order valence-electron chi connectivity index (χ2n) is 4.61. The molecule has 0 amide bonds. The SMILES string of the molecule is CC(O)C1(c2cccs2)CCN(C)CC1. The number of hydrogen-bond acceptors (Lipinski definition) is 3. The van der Waals surface area contributed by atoms with Gasteiger partial charge in [-0.15, -0.1) is 11.3 Å². The van der Waals surface area contributed by atoms with Gasteiger partial charge in [0, 0.05) is 10.3 Å². The summed E-state index contributed by atoms with van der Waals surface area (Å²) >= 11 is 1.78. The molecule has 1 aliphatic heterocycles. The molecule has 84 valence electrons. The van der Waals surface area contributed by atoms with Crippen LogP contribution >= 0.6 is 11.3 Å². The fourth-order valence-corrected chi connectivity index (χ4v) is 3.52. The summed E-state index contributed by atoms with van der Waals surface area (Å²) in [6, 6.07) is 4.26. The molecule has 1 aromatic rings. The van der Waals surface area contributed by atoms with Crippen molar-refractivity contribution in [3.63, 3.8) is 0 Å². The highest BCUT2D eigenvalue weighted by Gasteiger charge is 2.40. The molecule has 2 nitrogen and oxygen atoms in total. The number of hydrogen-bond donors (Lipinski definition) is 1. The topological polar surface area (TPSA) is 23.5 Å². The first-order chi connectivity index (χ1) is 7.15. The molecule has 0 spiro atoms. The van der Waals surface area contributed by atoms with Gasteiger partial charge in [0.15, 0.2) is 0 Å². The van der Waals surface area contributed by atoms with Crippen LogP contribution in [0.1, 0.15) is 24.6 Å². The number of aliphatic hydroxyl groups is 1. The predicted molar refractivity (Wildman–Crippen MR) is 64.4 cm³/mol. The van der Waals surface area contributed by atoms with E-state index in [0.29, 0.717) is 0 Å². The number of rotatable bonds is 2. The maximum absolute atomic E-state index is 10.1. The Kier molecular flexibility index (Phi) is 3.14. The summed E-state index contributed by atoms with van der Waals surface area (Å²) in [5.41, 5.74) is 0.0146. The lowest BCUT2D eigenvalue weighted by atomic mass is 9.73. The molecule has 1 atom stereocenters. The third-order valence-corrected chi connectivity index (χ3v) is 4.78. The zero-order chi connectivity index (χ0) is 10.9. The Morgan fingerprint density at radius 2 is 2.13 bits per heavy atom. The molecular weight excluding hydrogens is 206 g/mol. The maximum Gasteiger partial charge on any atom is 0.0617 e. The Hall–Kier alpha value is -0.380. The van der Waals surface area contributed by atoms with Crippen LogP contribution in [0.15, 0.2) is 17.5 Å². The van der Waals surface area contributed by atoms with Crippen LogP contribution < -0.4 is 0 Å². The van der Waals surface area contributed by atoms with Crippen molar-refractivity contribution in [2.75, 3.05) is 20.1 Å². The first kappa shape index (κ1) is 11.1. The highest BCUT2D eigenvalue weighted by molar-refractivity contribution is 7.10. The first-order valence-electron chi connectivity index (χ1n) is 5.56. The maximum atomic E-state index is 10.1. The van der Waals surface area contributed by atoms with E-state index >= 15 is 0 Å². The van der Waals surface area contributed by atoms with Crippen LogP contribution in [0.3, 0.4) is 0 Å². The molecule has 0 aliphatic carbocycles. The molecule has 1 saturated heterocycles. The predicted octanol–water partition coefficient (Wildman–Crippen LogP) is 2.09. The molecule has 1 aromatic heterocycles. The van der Waals surface area contributed by atoms with E-state index in [1.54, 1.807) is 11.3 Å². The van der Waals surface area contributed by atoms with Gasteiger partial charge in [-0.2, -0.15) is 0 Å². The quantitative estimate of drug-likeness (QED) is 0.833. The Morgan fingerprint density at radius 1 is 1.47 bits per heavy atom. The van der Waals surface area contributed by atoms with Crippen molar-refractivity contribution in [2.45, 2.75) is 31.3 Å². The summed E-state index contributed by atoms with van der Waals surface area (Å²) in [6.45, 7) is 4.11. The van der Waals surface area contributed by atoms with Crippen LogP contribution in [-0.4, -0.2) is 36.2 Å². The lowest BCUT2D eigenvalue weighted by Gasteiger charge is -2.42. The Morgan fingerprint density at radius 3 is 2.60 bits per heavy atom. The van der Waals surface area contributed by atoms with E-state index in [0.717, 1.165) is 25.9 Å². The van der Waals surface area contributed by atoms with Gasteiger partial charge in [-0.25, -0.2) is 0 Å². The van der Waals surface area contributed by atoms with Gasteiger partial charge in [0.25, 0.3) is 0 Å². The summed E-state index contributed by atoms with van der Waals surface area (Å²) in [5, 5.41) is 12.2. The molecule has 3 heteroatoms. The molecule has 0 bridgehead atoms. The zero-order valence-electron chi connectivity index (χ0n) is 9.44. The smallest absolute Gasteiger partial charge is 0.0617 e. The van der Waals surface area contributed by atoms with Gasteiger partial charge in [0.05, 0.1) is 6.10 Å². The Balaban J connectivity index is 2.26. The van der Waals surface area contributed by atoms with Gasteiger partial charge in [-0.05, 0) is 51.3 Å². The molecule has 1 N–H and O–H groups in total. The van der Waals surface area contributed by atoms with E-state index in [9.17, 15) is 5.11 Å². The van der Waals surface area contributed by atoms with Crippen LogP contribution in [0.2, 0.25) is 0 Å². The van der Waals surface area contributed by atoms with E-state index < -0.39 is 0 Å². The second-order valence-corrected chi connectivity index (χ2v) is 5.56. The number of piperidine rings is 1. The van der Waals surface area contributed by atoms with E-state index in [4.69, 9.17) is 0 Å². The average molecular weight is 225 g/mol. The van der Waals surface area contributed by atoms with E-state index in [1.807, 2.05) is 6.92 Å². The molecule has 0 aromatic carbocycles. The highest BCUT2D eigenvalue weighted by atomic mass is 32.1. The molecular formula is C12H19NOS. The van der Waals surface area contributed by atoms with Crippen LogP contribution in [0, 0.1) is 0 Å². The molecule has 0 saturated carbocycles. The van der Waals surface area contributed by atoms with Crippen molar-refractivity contribution in [1.82, 2.24) is 4.90 Å². The van der Waals surface area contributed by atoms with Crippen molar-refractivity contribution >= 4 is 11.3 Å². The van der Waals surface area contributed by atoms with Crippen LogP contribution in [0.4, 0.5) is 0 Å². The van der Waals surface area contributed by atoms with Crippen molar-refractivity contribution in [3.05, 3.63) is 22.4 Å². The van der Waals surface area contributed by atoms with E-state index in [2.05, 4.69) is 29.5 Å². The zero-order valence-corrected chi connectivity index (χ0v) is 10.3. The number of likely N-dealkylation sites (tertiary alicyclic amines) is 1. The minimum Gasteiger partial charge on any atom is -0.392 e. The van der Waals surface area contributed by atoms with Crippen LogP contribution in [0.5, 0.6) is 0 Å². The molecule has 1 unspecified atom stereocenters. The van der Waals surface area contributed by atoms with Gasteiger partial charge in [0.1, 0.15) is 0 Å². The molecule has 2 rings (SSSR count). The Bertz CT molecular complexity index is 299. The van der Waals surface area contributed by atoms with Gasteiger partial charge in [-0.1, -0.05) is 6.07 Å². The highest BCUT2D eigenvalue weighted by Crippen LogP contribution is 2.40. The van der Waals surface area contributed by atoms with Gasteiger partial charge in [0.2, 0.25) is 0 Å². The normalized spacial score (nSPS) is 23.9. The third kappa shape index (κ3) is 1.96. The van der Waals surface area contributed by atoms with Gasteiger partial charge in [-0.3, -0.25) is 0 Å². The summed E-state index contributed by atoms with van der Waals surface area (Å²) < 4.78 is 0. The fraction of sp³-hybridized carbons (Fsp3) is 0.667. The summed E-state index contributed by atoms with van der Waals surface area (Å²) in [5.74, 6) is 0. The monoisotopic (exact) mass is 225 g/mol. The van der Waals surface area contributed by atoms with E-state index in [1.165, 1.54) is 4.88 Å². The van der Waals surface area contributed by atoms with Crippen molar-refractivity contribution in [2.24, 2.45) is 0 Å². The minimum atomic E-state index is -0.246. The largest absolute Gasteiger partial charge is 0.392 e. The average Bonchev–Trinajstić information content (AvgIpc) is 2.72. The van der Waals surface area contributed by atoms with Crippen LogP contribution in [0.25, 0.3) is 0 Å². The van der Waals surface area contributed by atoms with E-state index in [-0.39, 0.29) is 11.5 Å². The van der Waals surface area contributed by atoms with Crippen molar-refractivity contribution < 1.29 is 5.11 Å². The molecule has 0 radical (unpaired) electrons. The summed E-state index contributed by atoms with van der Waals surface area (Å²) in [7, 11) is 2.15. The van der Waals surface area contributed by atoms with Crippen molar-refractivity contribution in [3.8, 4) is 0 Å². The van der Waals surface area contributed by atoms with Gasteiger partial charge < -0.3 is 10.0 Å². The summed E-state index contributed by atoms with van der Waals surface area (Å²) in [4.78, 5) is 3.69. The lowest BCUT2D eigenvalue weighted by Crippen LogP contribution is -2.46. The standard InChI is InChI=1S/C12H19NOS/c1-10(14)12(11-4-3-9-15-11)5-7-13(2)8-6-12/h3-4,9-10,14H,5-8H2,1-2H3. The second kappa shape index (κ2) is 4.24. The molecule has 1 aliphatic rings. The number of nitrogens with zero attached hydrogens (tertiary/aromatic N) is 1. The fourth-order valence-electron chi connectivity index (χ4n) is 2.45. The molecule has 15 heavy (non-hydrogen) atoms. The van der Waals surface area contributed by atoms with Crippen LogP contribution in [-0.2, 0) is 5.41 Å². The van der Waals surface area contributed by atoms with Crippen molar-refractivity contribution in [1.29, 1.82) is 0 Å².